The zero-order valence-corrected chi connectivity index (χ0v) is 15.4. The van der Waals surface area contributed by atoms with Crippen LogP contribution < -0.4 is 15.7 Å². The maximum Gasteiger partial charge on any atom is 0.323 e. The van der Waals surface area contributed by atoms with Crippen molar-refractivity contribution in [2.75, 3.05) is 19.0 Å². The van der Waals surface area contributed by atoms with Gasteiger partial charge in [-0.25, -0.2) is 4.79 Å². The van der Waals surface area contributed by atoms with Gasteiger partial charge in [0.1, 0.15) is 11.3 Å². The Kier molecular flexibility index (Phi) is 4.78. The van der Waals surface area contributed by atoms with Crippen molar-refractivity contribution in [3.63, 3.8) is 0 Å². The Morgan fingerprint density at radius 3 is 2.76 bits per heavy atom. The van der Waals surface area contributed by atoms with E-state index in [0.29, 0.717) is 33.6 Å². The van der Waals surface area contributed by atoms with Gasteiger partial charge in [-0.2, -0.15) is 0 Å². The maximum absolute atomic E-state index is 12.1. The lowest BCUT2D eigenvalue weighted by Gasteiger charge is -2.06. The van der Waals surface area contributed by atoms with Crippen molar-refractivity contribution in [3.05, 3.63) is 58.7 Å². The molecule has 148 valence electrons. The van der Waals surface area contributed by atoms with Crippen LogP contribution in [-0.4, -0.2) is 35.6 Å². The molecule has 0 unspecified atom stereocenters. The molecule has 0 atom stereocenters. The largest absolute Gasteiger partial charge is 0.497 e. The fourth-order valence-electron chi connectivity index (χ4n) is 2.99. The first-order chi connectivity index (χ1) is 14.0. The van der Waals surface area contributed by atoms with Crippen LogP contribution in [0.4, 0.5) is 5.69 Å². The molecule has 4 rings (SSSR count). The predicted molar refractivity (Wildman–Crippen MR) is 105 cm³/mol. The molecular weight excluding hydrogens is 378 g/mol. The van der Waals surface area contributed by atoms with Crippen molar-refractivity contribution in [3.8, 4) is 5.75 Å². The molecule has 0 radical (unpaired) electrons. The van der Waals surface area contributed by atoms with Crippen LogP contribution in [0.3, 0.4) is 0 Å². The number of hydrogen-bond acceptors (Lipinski definition) is 6. The number of aromatic amines is 2. The summed E-state index contributed by atoms with van der Waals surface area (Å²) in [5.41, 5.74) is 2.60. The molecule has 0 saturated heterocycles. The molecule has 2 aromatic carbocycles. The summed E-state index contributed by atoms with van der Waals surface area (Å²) >= 11 is 0. The van der Waals surface area contributed by atoms with Crippen LogP contribution in [0.1, 0.15) is 5.56 Å². The molecule has 0 bridgehead atoms. The van der Waals surface area contributed by atoms with Gasteiger partial charge in [0.25, 0.3) is 5.91 Å². The van der Waals surface area contributed by atoms with Crippen LogP contribution in [0.15, 0.2) is 51.9 Å². The van der Waals surface area contributed by atoms with E-state index in [9.17, 15) is 14.4 Å². The van der Waals surface area contributed by atoms with Crippen molar-refractivity contribution < 1.29 is 23.5 Å². The van der Waals surface area contributed by atoms with Gasteiger partial charge in [0.15, 0.2) is 6.61 Å². The van der Waals surface area contributed by atoms with Crippen LogP contribution in [0.5, 0.6) is 5.75 Å². The monoisotopic (exact) mass is 395 g/mol. The molecule has 9 nitrogen and oxygen atoms in total. The van der Waals surface area contributed by atoms with E-state index < -0.39 is 18.5 Å². The average Bonchev–Trinajstić information content (AvgIpc) is 3.28. The van der Waals surface area contributed by atoms with E-state index in [1.165, 1.54) is 6.26 Å². The molecule has 0 fully saturated rings. The fourth-order valence-corrected chi connectivity index (χ4v) is 2.99. The summed E-state index contributed by atoms with van der Waals surface area (Å²) in [6, 6.07) is 10.2. The number of hydrogen-bond donors (Lipinski definition) is 3. The highest BCUT2D eigenvalue weighted by atomic mass is 16.5. The molecule has 0 spiro atoms. The van der Waals surface area contributed by atoms with Crippen molar-refractivity contribution in [1.82, 2.24) is 9.97 Å². The number of carbonyl (C=O) groups excluding carboxylic acids is 2. The molecule has 3 N–H and O–H groups in total. The first-order valence-corrected chi connectivity index (χ1v) is 8.73. The summed E-state index contributed by atoms with van der Waals surface area (Å²) in [4.78, 5) is 40.6. The van der Waals surface area contributed by atoms with Gasteiger partial charge in [-0.3, -0.25) is 9.59 Å². The summed E-state index contributed by atoms with van der Waals surface area (Å²) in [6.07, 6.45) is 1.46. The van der Waals surface area contributed by atoms with Gasteiger partial charge in [-0.05, 0) is 30.3 Å². The zero-order chi connectivity index (χ0) is 20.4. The predicted octanol–water partition coefficient (Wildman–Crippen LogP) is 2.34. The van der Waals surface area contributed by atoms with E-state index in [1.54, 1.807) is 43.5 Å². The summed E-state index contributed by atoms with van der Waals surface area (Å²) in [6.45, 7) is -0.426. The van der Waals surface area contributed by atoms with Crippen molar-refractivity contribution in [1.29, 1.82) is 0 Å². The lowest BCUT2D eigenvalue weighted by atomic mass is 10.1. The normalized spacial score (nSPS) is 10.9. The molecule has 1 amide bonds. The lowest BCUT2D eigenvalue weighted by molar-refractivity contribution is -0.146. The second-order valence-corrected chi connectivity index (χ2v) is 6.35. The van der Waals surface area contributed by atoms with E-state index in [1.807, 2.05) is 0 Å². The van der Waals surface area contributed by atoms with Gasteiger partial charge in [-0.1, -0.05) is 0 Å². The highest BCUT2D eigenvalue weighted by Gasteiger charge is 2.14. The Morgan fingerprint density at radius 2 is 1.93 bits per heavy atom. The number of furan rings is 1. The van der Waals surface area contributed by atoms with Crippen LogP contribution in [-0.2, 0) is 20.7 Å². The Labute approximate surface area is 163 Å². The minimum absolute atomic E-state index is 0.0246. The molecule has 2 heterocycles. The molecule has 4 aromatic rings. The van der Waals surface area contributed by atoms with E-state index in [-0.39, 0.29) is 12.1 Å². The van der Waals surface area contributed by atoms with E-state index >= 15 is 0 Å². The molecule has 0 aliphatic rings. The van der Waals surface area contributed by atoms with Gasteiger partial charge in [-0.15, -0.1) is 0 Å². The van der Waals surface area contributed by atoms with Gasteiger partial charge in [0, 0.05) is 22.7 Å². The number of imidazole rings is 1. The summed E-state index contributed by atoms with van der Waals surface area (Å²) in [5.74, 6) is -0.388. The van der Waals surface area contributed by atoms with Gasteiger partial charge >= 0.3 is 11.7 Å². The quantitative estimate of drug-likeness (QED) is 0.430. The smallest absolute Gasteiger partial charge is 0.323 e. The number of amides is 1. The summed E-state index contributed by atoms with van der Waals surface area (Å²) < 4.78 is 15.6. The lowest BCUT2D eigenvalue weighted by Crippen LogP contribution is -2.21. The standard InChI is InChI=1S/C20H17N3O6/c1-27-13-3-4-14-11(9-28-17(14)8-13)6-19(25)29-10-18(24)21-12-2-5-15-16(7-12)23-20(26)22-15/h2-5,7-9H,6,10H2,1H3,(H,21,24)(H2,22,23,26). The SMILES string of the molecule is COc1ccc2c(CC(=O)OCC(=O)Nc3ccc4[nH]c(=O)[nH]c4c3)coc2c1. The number of aromatic nitrogens is 2. The number of nitrogens with one attached hydrogen (secondary N) is 3. The maximum atomic E-state index is 12.1. The van der Waals surface area contributed by atoms with E-state index in [2.05, 4.69) is 15.3 Å². The molecule has 29 heavy (non-hydrogen) atoms. The van der Waals surface area contributed by atoms with Crippen molar-refractivity contribution in [2.45, 2.75) is 6.42 Å². The average molecular weight is 395 g/mol. The van der Waals surface area contributed by atoms with Gasteiger partial charge in [0.05, 0.1) is 30.8 Å². The summed E-state index contributed by atoms with van der Waals surface area (Å²) in [5, 5.41) is 3.39. The molecule has 0 aliphatic carbocycles. The van der Waals surface area contributed by atoms with Gasteiger partial charge < -0.3 is 29.2 Å². The van der Waals surface area contributed by atoms with Crippen LogP contribution >= 0.6 is 0 Å². The van der Waals surface area contributed by atoms with E-state index in [0.717, 1.165) is 5.39 Å². The number of carbonyl (C=O) groups is 2. The third-order valence-electron chi connectivity index (χ3n) is 4.36. The Morgan fingerprint density at radius 1 is 1.10 bits per heavy atom. The number of esters is 1. The highest BCUT2D eigenvalue weighted by Crippen LogP contribution is 2.26. The number of rotatable bonds is 6. The Bertz CT molecular complexity index is 1270. The van der Waals surface area contributed by atoms with Crippen molar-refractivity contribution in [2.24, 2.45) is 0 Å². The molecule has 9 heteroatoms. The topological polar surface area (TPSA) is 126 Å². The van der Waals surface area contributed by atoms with Crippen LogP contribution in [0.2, 0.25) is 0 Å². The van der Waals surface area contributed by atoms with Crippen LogP contribution in [0.25, 0.3) is 22.0 Å². The van der Waals surface area contributed by atoms with Crippen LogP contribution in [0, 0.1) is 0 Å². The minimum Gasteiger partial charge on any atom is -0.497 e. The highest BCUT2D eigenvalue weighted by molar-refractivity contribution is 5.95. The number of anilines is 1. The number of ether oxygens (including phenoxy) is 2. The first-order valence-electron chi connectivity index (χ1n) is 8.73. The first kappa shape index (κ1) is 18.4. The second kappa shape index (κ2) is 7.55. The third kappa shape index (κ3) is 3.98. The number of fused-ring (bicyclic) bond motifs is 2. The molecule has 2 aromatic heterocycles. The van der Waals surface area contributed by atoms with E-state index in [4.69, 9.17) is 13.9 Å². The number of benzene rings is 2. The third-order valence-corrected chi connectivity index (χ3v) is 4.36. The Balaban J connectivity index is 1.34. The molecular formula is C20H17N3O6. The van der Waals surface area contributed by atoms with Gasteiger partial charge in [0.2, 0.25) is 0 Å². The second-order valence-electron chi connectivity index (χ2n) is 6.35. The fraction of sp³-hybridized carbons (Fsp3) is 0.150. The number of methoxy groups -OCH3 is 1. The number of H-pyrrole nitrogens is 2. The molecule has 0 aliphatic heterocycles. The Hall–Kier alpha value is -4.01. The zero-order valence-electron chi connectivity index (χ0n) is 15.4. The van der Waals surface area contributed by atoms with Crippen molar-refractivity contribution >= 4 is 39.6 Å². The summed E-state index contributed by atoms with van der Waals surface area (Å²) in [7, 11) is 1.56. The minimum atomic E-state index is -0.552. The molecule has 0 saturated carbocycles.